The van der Waals surface area contributed by atoms with Gasteiger partial charge in [0.05, 0.1) is 5.69 Å². The first-order valence-corrected chi connectivity index (χ1v) is 5.45. The van der Waals surface area contributed by atoms with Crippen molar-refractivity contribution in [1.29, 1.82) is 0 Å². The van der Waals surface area contributed by atoms with Crippen molar-refractivity contribution in [2.75, 3.05) is 0 Å². The number of nitrogens with zero attached hydrogens (tertiary/aromatic N) is 1. The summed E-state index contributed by atoms with van der Waals surface area (Å²) in [5.41, 5.74) is 1.12. The number of aromatic nitrogens is 1. The van der Waals surface area contributed by atoms with Gasteiger partial charge in [0.25, 0.3) is 0 Å². The minimum Gasteiger partial charge on any atom is -0.197 e. The fourth-order valence-corrected chi connectivity index (χ4v) is 1.99. The van der Waals surface area contributed by atoms with E-state index in [0.717, 1.165) is 16.4 Å². The third kappa shape index (κ3) is 2.02. The summed E-state index contributed by atoms with van der Waals surface area (Å²) in [6, 6.07) is 2.09. The van der Waals surface area contributed by atoms with Crippen LogP contribution in [0.2, 0.25) is 0 Å². The summed E-state index contributed by atoms with van der Waals surface area (Å²) in [5.74, 6) is 0. The summed E-state index contributed by atoms with van der Waals surface area (Å²) in [6.45, 7) is 0. The van der Waals surface area contributed by atoms with Gasteiger partial charge in [-0.05, 0) is 17.6 Å². The van der Waals surface area contributed by atoms with Gasteiger partial charge >= 0.3 is 0 Å². The minimum atomic E-state index is 0.858. The minimum absolute atomic E-state index is 0.858. The first-order valence-electron chi connectivity index (χ1n) is 2.43. The molecule has 9 heavy (non-hydrogen) atoms. The van der Waals surface area contributed by atoms with Gasteiger partial charge in [-0.3, -0.25) is 0 Å². The summed E-state index contributed by atoms with van der Waals surface area (Å²) in [6.07, 6.45) is 0. The molecule has 0 amide bonds. The van der Waals surface area contributed by atoms with Gasteiger partial charge in [0, 0.05) is 15.5 Å². The Morgan fingerprint density at radius 1 is 1.44 bits per heavy atom. The third-order valence-corrected chi connectivity index (χ3v) is 3.25. The van der Waals surface area contributed by atoms with Crippen molar-refractivity contribution in [3.8, 4) is 0 Å². The molecule has 0 bridgehead atoms. The van der Waals surface area contributed by atoms with Crippen LogP contribution in [-0.4, -0.2) is 4.37 Å². The molecule has 0 radical (unpaired) electrons. The zero-order chi connectivity index (χ0) is 6.69. The van der Waals surface area contributed by atoms with E-state index in [1.807, 2.05) is 0 Å². The summed E-state index contributed by atoms with van der Waals surface area (Å²) in [5, 5.41) is 1.77. The molecule has 0 spiro atoms. The van der Waals surface area contributed by atoms with Crippen LogP contribution >= 0.6 is 43.4 Å². The lowest BCUT2D eigenvalue weighted by molar-refractivity contribution is 1.31. The molecular weight excluding hydrogens is 266 g/mol. The smallest absolute Gasteiger partial charge is 0.0650 e. The summed E-state index contributed by atoms with van der Waals surface area (Å²) >= 11 is 8.23. The van der Waals surface area contributed by atoms with E-state index in [1.165, 1.54) is 4.88 Å². The number of hydrogen-bond acceptors (Lipinski definition) is 2. The molecular formula is C5H5Br2NS. The van der Waals surface area contributed by atoms with Gasteiger partial charge in [-0.1, -0.05) is 31.9 Å². The Bertz CT molecular complexity index is 168. The number of rotatable bonds is 2. The Kier molecular flexibility index (Phi) is 3.15. The molecule has 0 N–H and O–H groups in total. The van der Waals surface area contributed by atoms with Crippen molar-refractivity contribution in [2.45, 2.75) is 10.7 Å². The monoisotopic (exact) mass is 269 g/mol. The van der Waals surface area contributed by atoms with Gasteiger partial charge in [-0.25, -0.2) is 0 Å². The standard InChI is InChI=1S/C5H5Br2NS/c6-2-4-1-5(3-7)9-8-4/h1H,2-3H2. The van der Waals surface area contributed by atoms with E-state index >= 15 is 0 Å². The summed E-state index contributed by atoms with van der Waals surface area (Å²) in [7, 11) is 0. The Labute approximate surface area is 74.9 Å². The average molecular weight is 271 g/mol. The van der Waals surface area contributed by atoms with Crippen molar-refractivity contribution < 1.29 is 0 Å². The van der Waals surface area contributed by atoms with Crippen LogP contribution in [0.15, 0.2) is 6.07 Å². The van der Waals surface area contributed by atoms with Crippen molar-refractivity contribution in [1.82, 2.24) is 4.37 Å². The van der Waals surface area contributed by atoms with Gasteiger partial charge in [0.2, 0.25) is 0 Å². The van der Waals surface area contributed by atoms with Crippen molar-refractivity contribution in [3.63, 3.8) is 0 Å². The van der Waals surface area contributed by atoms with Gasteiger partial charge in [0.1, 0.15) is 0 Å². The lowest BCUT2D eigenvalue weighted by atomic mass is 10.4. The van der Waals surface area contributed by atoms with Gasteiger partial charge in [-0.15, -0.1) is 0 Å². The quantitative estimate of drug-likeness (QED) is 0.753. The maximum absolute atomic E-state index is 4.17. The predicted octanol–water partition coefficient (Wildman–Crippen LogP) is 2.93. The van der Waals surface area contributed by atoms with Crippen LogP contribution in [0.5, 0.6) is 0 Å². The molecule has 1 aromatic rings. The zero-order valence-electron chi connectivity index (χ0n) is 4.60. The van der Waals surface area contributed by atoms with Crippen LogP contribution in [0.1, 0.15) is 10.6 Å². The fourth-order valence-electron chi connectivity index (χ4n) is 0.482. The Morgan fingerprint density at radius 3 is 2.56 bits per heavy atom. The van der Waals surface area contributed by atoms with E-state index < -0.39 is 0 Å². The molecule has 0 fully saturated rings. The van der Waals surface area contributed by atoms with Gasteiger partial charge in [-0.2, -0.15) is 4.37 Å². The lowest BCUT2D eigenvalue weighted by Crippen LogP contribution is -1.70. The molecule has 0 atom stereocenters. The molecule has 1 aromatic heterocycles. The predicted molar refractivity (Wildman–Crippen MR) is 47.4 cm³/mol. The molecule has 1 rings (SSSR count). The van der Waals surface area contributed by atoms with E-state index in [9.17, 15) is 0 Å². The maximum atomic E-state index is 4.17. The maximum Gasteiger partial charge on any atom is 0.0650 e. The second kappa shape index (κ2) is 3.68. The normalized spacial score (nSPS) is 10.0. The van der Waals surface area contributed by atoms with Crippen LogP contribution in [0.25, 0.3) is 0 Å². The molecule has 0 saturated heterocycles. The Balaban J connectivity index is 2.74. The van der Waals surface area contributed by atoms with Crippen molar-refractivity contribution >= 4 is 43.4 Å². The van der Waals surface area contributed by atoms with E-state index in [4.69, 9.17) is 0 Å². The highest BCUT2D eigenvalue weighted by atomic mass is 79.9. The second-order valence-corrected chi connectivity index (χ2v) is 3.56. The second-order valence-electron chi connectivity index (χ2n) is 1.55. The molecule has 50 valence electrons. The number of alkyl halides is 2. The van der Waals surface area contributed by atoms with Gasteiger partial charge < -0.3 is 0 Å². The molecule has 0 aliphatic heterocycles. The first-order chi connectivity index (χ1) is 4.36. The molecule has 4 heteroatoms. The zero-order valence-corrected chi connectivity index (χ0v) is 8.59. The first kappa shape index (κ1) is 7.69. The summed E-state index contributed by atoms with van der Waals surface area (Å²) in [4.78, 5) is 1.28. The van der Waals surface area contributed by atoms with Crippen LogP contribution < -0.4 is 0 Å². The van der Waals surface area contributed by atoms with E-state index in [-0.39, 0.29) is 0 Å². The Hall–Kier alpha value is 0.590. The van der Waals surface area contributed by atoms with E-state index in [1.54, 1.807) is 11.5 Å². The highest BCUT2D eigenvalue weighted by Gasteiger charge is 1.96. The molecule has 1 heterocycles. The highest BCUT2D eigenvalue weighted by Crippen LogP contribution is 2.14. The molecule has 0 aliphatic rings. The van der Waals surface area contributed by atoms with E-state index in [2.05, 4.69) is 42.3 Å². The Morgan fingerprint density at radius 2 is 2.22 bits per heavy atom. The van der Waals surface area contributed by atoms with Crippen molar-refractivity contribution in [3.05, 3.63) is 16.6 Å². The van der Waals surface area contributed by atoms with Crippen LogP contribution in [0.4, 0.5) is 0 Å². The van der Waals surface area contributed by atoms with Crippen molar-refractivity contribution in [2.24, 2.45) is 0 Å². The number of hydrogen-bond donors (Lipinski definition) is 0. The van der Waals surface area contributed by atoms with Crippen LogP contribution in [0.3, 0.4) is 0 Å². The fraction of sp³-hybridized carbons (Fsp3) is 0.400. The van der Waals surface area contributed by atoms with Gasteiger partial charge in [0.15, 0.2) is 0 Å². The lowest BCUT2D eigenvalue weighted by Gasteiger charge is -1.78. The molecule has 1 nitrogen and oxygen atoms in total. The van der Waals surface area contributed by atoms with E-state index in [0.29, 0.717) is 0 Å². The third-order valence-electron chi connectivity index (χ3n) is 0.876. The molecule has 0 aromatic carbocycles. The molecule has 0 saturated carbocycles. The average Bonchev–Trinajstić information content (AvgIpc) is 2.34. The highest BCUT2D eigenvalue weighted by molar-refractivity contribution is 9.08. The molecule has 0 unspecified atom stereocenters. The largest absolute Gasteiger partial charge is 0.197 e. The SMILES string of the molecule is BrCc1cc(CBr)sn1. The summed E-state index contributed by atoms with van der Waals surface area (Å²) < 4.78 is 4.17. The topological polar surface area (TPSA) is 12.9 Å². The number of halogens is 2. The molecule has 0 aliphatic carbocycles. The van der Waals surface area contributed by atoms with Crippen LogP contribution in [0, 0.1) is 0 Å². The van der Waals surface area contributed by atoms with Crippen LogP contribution in [-0.2, 0) is 10.7 Å².